The topological polar surface area (TPSA) is 90.0 Å². The second-order valence-corrected chi connectivity index (χ2v) is 20.4. The summed E-state index contributed by atoms with van der Waals surface area (Å²) in [5.74, 6) is 1.47. The van der Waals surface area contributed by atoms with Gasteiger partial charge in [0, 0.05) is 71.0 Å². The van der Waals surface area contributed by atoms with Gasteiger partial charge in [0.05, 0.1) is 20.3 Å². The lowest BCUT2D eigenvalue weighted by Crippen LogP contribution is -2.55. The summed E-state index contributed by atoms with van der Waals surface area (Å²) in [6.07, 6.45) is 0. The van der Waals surface area contributed by atoms with Gasteiger partial charge in [-0.1, -0.05) is 78.9 Å². The molecule has 8 aliphatic rings. The molecule has 14 rings (SSSR count). The van der Waals surface area contributed by atoms with E-state index in [4.69, 9.17) is 17.5 Å². The molecule has 0 radical (unpaired) electrons. The number of rotatable bonds is 2. The lowest BCUT2D eigenvalue weighted by atomic mass is 9.60. The molecule has 0 amide bonds. The van der Waals surface area contributed by atoms with Gasteiger partial charge in [0.15, 0.2) is 0 Å². The van der Waals surface area contributed by atoms with Gasteiger partial charge >= 0.3 is 0 Å². The standard InChI is InChI=1S/C28H31N2.C27H28N2.H2O4S/c1-6-30(5)16-29(4)15-19-13-24-25(14-26(19)30)28-21-10-8-7-9-20(21)27(24)22-11-17(2)18(3)12-23(22)28;1-5-29-15-28(4)14-18-12-23-24(13-25(18)29)27-20-9-7-6-8-19(20)26(23)21-10-16(2)17(3)11-22(21)27;1-5(2,3)4/h7-14,27-28H,6,15-16H2,1-5H3;6-13,26-27H,5,14-15H2,1-4H3;(H2,1,2,3,4)/q+1;;/p-2. The van der Waals surface area contributed by atoms with Crippen LogP contribution in [0, 0.1) is 27.7 Å². The van der Waals surface area contributed by atoms with E-state index in [-0.39, 0.29) is 0 Å². The summed E-state index contributed by atoms with van der Waals surface area (Å²) >= 11 is 0. The molecule has 0 N–H and O–H groups in total. The van der Waals surface area contributed by atoms with Crippen molar-refractivity contribution in [2.75, 3.05) is 52.5 Å². The zero-order valence-electron chi connectivity index (χ0n) is 38.6. The van der Waals surface area contributed by atoms with Crippen molar-refractivity contribution in [2.45, 2.75) is 78.3 Å². The number of hydrogen-bond acceptors (Lipinski definition) is 7. The monoisotopic (exact) mass is 871 g/mol. The van der Waals surface area contributed by atoms with Crippen LogP contribution in [0.15, 0.2) is 97.1 Å². The maximum atomic E-state index is 8.52. The van der Waals surface area contributed by atoms with E-state index in [0.717, 1.165) is 44.0 Å². The van der Waals surface area contributed by atoms with Crippen LogP contribution in [-0.2, 0) is 23.5 Å². The maximum Gasteiger partial charge on any atom is 0.139 e. The lowest BCUT2D eigenvalue weighted by molar-refractivity contribution is 0.163. The van der Waals surface area contributed by atoms with E-state index in [1.165, 1.54) is 100 Å². The Hall–Kier alpha value is -5.13. The number of nitrogens with zero attached hydrogens (tertiary/aromatic N) is 4. The first-order valence-electron chi connectivity index (χ1n) is 22.8. The normalized spacial score (nSPS) is 22.8. The van der Waals surface area contributed by atoms with Crippen molar-refractivity contribution in [3.8, 4) is 0 Å². The second kappa shape index (κ2) is 15.5. The number of fused-ring (bicyclic) bond motifs is 2. The Morgan fingerprint density at radius 2 is 0.906 bits per heavy atom. The first-order chi connectivity index (χ1) is 30.5. The molecule has 4 bridgehead atoms. The quantitative estimate of drug-likeness (QED) is 0.0971. The molecule has 9 heteroatoms. The molecule has 0 fully saturated rings. The Kier molecular flexibility index (Phi) is 10.4. The molecule has 0 aromatic heterocycles. The molecule has 64 heavy (non-hydrogen) atoms. The van der Waals surface area contributed by atoms with Crippen molar-refractivity contribution in [3.05, 3.63) is 197 Å². The van der Waals surface area contributed by atoms with Crippen LogP contribution < -0.4 is 9.38 Å². The van der Waals surface area contributed by atoms with E-state index < -0.39 is 10.4 Å². The van der Waals surface area contributed by atoms with Crippen LogP contribution in [-0.4, -0.2) is 74.9 Å². The average Bonchev–Trinajstić information content (AvgIpc) is 3.25. The van der Waals surface area contributed by atoms with Crippen LogP contribution in [0.3, 0.4) is 0 Å². The van der Waals surface area contributed by atoms with Gasteiger partial charge in [-0.25, -0.2) is 0 Å². The van der Waals surface area contributed by atoms with E-state index in [1.807, 2.05) is 0 Å². The Balaban J connectivity index is 0.000000137. The highest BCUT2D eigenvalue weighted by Crippen LogP contribution is 2.59. The molecule has 6 aromatic carbocycles. The van der Waals surface area contributed by atoms with Crippen molar-refractivity contribution in [1.29, 1.82) is 0 Å². The van der Waals surface area contributed by atoms with E-state index in [1.54, 1.807) is 11.1 Å². The number of benzene rings is 6. The Bertz CT molecular complexity index is 3010. The molecule has 2 heterocycles. The predicted octanol–water partition coefficient (Wildman–Crippen LogP) is 9.83. The highest BCUT2D eigenvalue weighted by Gasteiger charge is 2.45. The molecule has 8 nitrogen and oxygen atoms in total. The van der Waals surface area contributed by atoms with Crippen LogP contribution >= 0.6 is 0 Å². The van der Waals surface area contributed by atoms with E-state index in [0.29, 0.717) is 23.7 Å². The molecule has 5 unspecified atom stereocenters. The summed E-state index contributed by atoms with van der Waals surface area (Å²) in [7, 11) is 1.72. The zero-order valence-corrected chi connectivity index (χ0v) is 39.4. The van der Waals surface area contributed by atoms with Crippen LogP contribution in [0.2, 0.25) is 0 Å². The largest absolute Gasteiger partial charge is 0.759 e. The summed E-state index contributed by atoms with van der Waals surface area (Å²) in [5.41, 5.74) is 30.0. The van der Waals surface area contributed by atoms with Crippen LogP contribution in [0.25, 0.3) is 0 Å². The molecular weight excluding hydrogens is 813 g/mol. The Morgan fingerprint density at radius 3 is 1.31 bits per heavy atom. The fourth-order valence-electron chi connectivity index (χ4n) is 12.4. The van der Waals surface area contributed by atoms with Gasteiger partial charge in [0.2, 0.25) is 0 Å². The highest BCUT2D eigenvalue weighted by molar-refractivity contribution is 7.79. The molecule has 0 saturated carbocycles. The van der Waals surface area contributed by atoms with Crippen LogP contribution in [0.1, 0.15) is 138 Å². The fourth-order valence-corrected chi connectivity index (χ4v) is 12.4. The van der Waals surface area contributed by atoms with Crippen molar-refractivity contribution in [1.82, 2.24) is 14.3 Å². The van der Waals surface area contributed by atoms with E-state index >= 15 is 0 Å². The van der Waals surface area contributed by atoms with Crippen LogP contribution in [0.5, 0.6) is 0 Å². The van der Waals surface area contributed by atoms with E-state index in [2.05, 4.69) is 174 Å². The van der Waals surface area contributed by atoms with Crippen molar-refractivity contribution >= 4 is 21.8 Å². The highest BCUT2D eigenvalue weighted by atomic mass is 32.3. The molecule has 5 atom stereocenters. The number of hydrogen-bond donors (Lipinski definition) is 0. The van der Waals surface area contributed by atoms with E-state index in [9.17, 15) is 0 Å². The lowest BCUT2D eigenvalue weighted by Gasteiger charge is -2.46. The molecule has 2 aliphatic heterocycles. The number of aryl methyl sites for hydroxylation is 4. The zero-order chi connectivity index (χ0) is 45.1. The van der Waals surface area contributed by atoms with Gasteiger partial charge in [-0.2, -0.15) is 0 Å². The fraction of sp³-hybridized carbons (Fsp3) is 0.345. The van der Waals surface area contributed by atoms with Gasteiger partial charge in [0.1, 0.15) is 12.4 Å². The Labute approximate surface area is 380 Å². The third-order valence-electron chi connectivity index (χ3n) is 15.5. The summed E-state index contributed by atoms with van der Waals surface area (Å²) in [5, 5.41) is 0. The molecule has 6 aromatic rings. The molecule has 330 valence electrons. The number of quaternary nitrogens is 1. The van der Waals surface area contributed by atoms with Gasteiger partial charge < -0.3 is 14.0 Å². The maximum absolute atomic E-state index is 8.52. The molecular formula is C55H59N4O4S-. The summed E-state index contributed by atoms with van der Waals surface area (Å²) in [4.78, 5) is 7.43. The second-order valence-electron chi connectivity index (χ2n) is 19.6. The van der Waals surface area contributed by atoms with Crippen molar-refractivity contribution in [3.63, 3.8) is 0 Å². The smallest absolute Gasteiger partial charge is 0.139 e. The third kappa shape index (κ3) is 6.86. The first-order valence-corrected chi connectivity index (χ1v) is 24.2. The summed E-state index contributed by atoms with van der Waals surface area (Å²) < 4.78 is 35.1. The van der Waals surface area contributed by atoms with Gasteiger partial charge in [-0.3, -0.25) is 22.7 Å². The SMILES string of the molecule is CCN1CN(C)Cc2cc3c(cc21)C1c2ccccc2C3c2cc(C)c(C)cc21.CC[N+]1(C)CN(C)Cc2cc3c(cc21)C1c2ccccc2C3c2cc(C)c(C)cc21.O=S(=O)([O-])[O-]. The van der Waals surface area contributed by atoms with Gasteiger partial charge in [-0.15, -0.1) is 0 Å². The molecule has 0 saturated heterocycles. The van der Waals surface area contributed by atoms with Crippen molar-refractivity contribution in [2.24, 2.45) is 0 Å². The van der Waals surface area contributed by atoms with Crippen LogP contribution in [0.4, 0.5) is 11.4 Å². The summed E-state index contributed by atoms with van der Waals surface area (Å²) in [6.45, 7) is 20.0. The number of anilines is 1. The molecule has 0 spiro atoms. The first kappa shape index (κ1) is 42.8. The summed E-state index contributed by atoms with van der Waals surface area (Å²) in [6, 6.07) is 38.4. The minimum atomic E-state index is -5.17. The molecule has 6 aliphatic carbocycles. The minimum Gasteiger partial charge on any atom is -0.759 e. The third-order valence-corrected chi connectivity index (χ3v) is 15.5. The predicted molar refractivity (Wildman–Crippen MR) is 256 cm³/mol. The Morgan fingerprint density at radius 1 is 0.547 bits per heavy atom. The minimum absolute atomic E-state index is 0.365. The average molecular weight is 872 g/mol. The van der Waals surface area contributed by atoms with Crippen molar-refractivity contribution < 1.29 is 17.5 Å². The van der Waals surface area contributed by atoms with Gasteiger partial charge in [0.25, 0.3) is 0 Å². The van der Waals surface area contributed by atoms with Gasteiger partial charge in [-0.05, 0) is 162 Å².